The molecule has 1 aromatic heterocycles. The topological polar surface area (TPSA) is 50.2 Å². The van der Waals surface area contributed by atoms with Crippen LogP contribution in [0.2, 0.25) is 0 Å². The van der Waals surface area contributed by atoms with Crippen molar-refractivity contribution in [2.45, 2.75) is 45.7 Å². The van der Waals surface area contributed by atoms with Crippen LogP contribution in [0.15, 0.2) is 12.4 Å². The highest BCUT2D eigenvalue weighted by Gasteiger charge is 2.20. The number of nitrogens with zero attached hydrogens (tertiary/aromatic N) is 3. The van der Waals surface area contributed by atoms with Gasteiger partial charge in [-0.1, -0.05) is 13.8 Å². The molecule has 106 valence electrons. The van der Waals surface area contributed by atoms with Crippen molar-refractivity contribution in [1.82, 2.24) is 19.8 Å². The first-order chi connectivity index (χ1) is 9.08. The van der Waals surface area contributed by atoms with Gasteiger partial charge < -0.3 is 14.8 Å². The first-order valence-corrected chi connectivity index (χ1v) is 7.10. The standard InChI is InChI=1S/C14H24N4O/c1-11(2)14-16-6-8-17(14)7-4-13(19)18-9-5-15-12(3)10-18/h6,8,11-12,15H,4-5,7,9-10H2,1-3H3/t12-/m0/s1. The first-order valence-electron chi connectivity index (χ1n) is 7.10. The normalized spacial score (nSPS) is 20.0. The highest BCUT2D eigenvalue weighted by atomic mass is 16.2. The van der Waals surface area contributed by atoms with E-state index in [1.165, 1.54) is 0 Å². The molecule has 1 fully saturated rings. The average molecular weight is 264 g/mol. The summed E-state index contributed by atoms with van der Waals surface area (Å²) in [5.41, 5.74) is 0. The van der Waals surface area contributed by atoms with Crippen LogP contribution in [-0.2, 0) is 11.3 Å². The molecule has 0 aromatic carbocycles. The maximum Gasteiger partial charge on any atom is 0.224 e. The Bertz CT molecular complexity index is 427. The Labute approximate surface area is 115 Å². The summed E-state index contributed by atoms with van der Waals surface area (Å²) in [7, 11) is 0. The molecule has 5 nitrogen and oxygen atoms in total. The van der Waals surface area contributed by atoms with Gasteiger partial charge in [0, 0.05) is 57.0 Å². The summed E-state index contributed by atoms with van der Waals surface area (Å²) in [5, 5.41) is 3.35. The molecule has 0 bridgehead atoms. The fraction of sp³-hybridized carbons (Fsp3) is 0.714. The largest absolute Gasteiger partial charge is 0.340 e. The molecule has 0 spiro atoms. The minimum Gasteiger partial charge on any atom is -0.340 e. The number of hydrogen-bond acceptors (Lipinski definition) is 3. The number of carbonyl (C=O) groups is 1. The number of aryl methyl sites for hydroxylation is 1. The van der Waals surface area contributed by atoms with Crippen LogP contribution in [0.25, 0.3) is 0 Å². The average Bonchev–Trinajstić information content (AvgIpc) is 2.84. The van der Waals surface area contributed by atoms with E-state index in [2.05, 4.69) is 35.6 Å². The van der Waals surface area contributed by atoms with Crippen molar-refractivity contribution in [3.8, 4) is 0 Å². The molecule has 1 N–H and O–H groups in total. The van der Waals surface area contributed by atoms with E-state index in [4.69, 9.17) is 0 Å². The van der Waals surface area contributed by atoms with Crippen molar-refractivity contribution in [3.05, 3.63) is 18.2 Å². The maximum atomic E-state index is 12.2. The van der Waals surface area contributed by atoms with Crippen LogP contribution in [0.1, 0.15) is 38.9 Å². The molecule has 0 saturated carbocycles. The van der Waals surface area contributed by atoms with E-state index in [9.17, 15) is 4.79 Å². The smallest absolute Gasteiger partial charge is 0.224 e. The van der Waals surface area contributed by atoms with Gasteiger partial charge in [0.2, 0.25) is 5.91 Å². The van der Waals surface area contributed by atoms with Crippen molar-refractivity contribution >= 4 is 5.91 Å². The second-order valence-electron chi connectivity index (χ2n) is 5.58. The molecule has 0 unspecified atom stereocenters. The number of nitrogens with one attached hydrogen (secondary N) is 1. The van der Waals surface area contributed by atoms with E-state index in [0.29, 0.717) is 18.4 Å². The Kier molecular flexibility index (Phi) is 4.58. The van der Waals surface area contributed by atoms with Gasteiger partial charge in [0.25, 0.3) is 0 Å². The van der Waals surface area contributed by atoms with Gasteiger partial charge in [0.05, 0.1) is 0 Å². The van der Waals surface area contributed by atoms with Gasteiger partial charge >= 0.3 is 0 Å². The highest BCUT2D eigenvalue weighted by Crippen LogP contribution is 2.12. The van der Waals surface area contributed by atoms with Crippen LogP contribution in [0.4, 0.5) is 0 Å². The maximum absolute atomic E-state index is 12.2. The molecule has 1 saturated heterocycles. The molecule has 19 heavy (non-hydrogen) atoms. The summed E-state index contributed by atoms with van der Waals surface area (Å²) in [6.07, 6.45) is 4.33. The monoisotopic (exact) mass is 264 g/mol. The van der Waals surface area contributed by atoms with Crippen molar-refractivity contribution in [1.29, 1.82) is 0 Å². The quantitative estimate of drug-likeness (QED) is 0.889. The second-order valence-corrected chi connectivity index (χ2v) is 5.58. The fourth-order valence-corrected chi connectivity index (χ4v) is 2.54. The Morgan fingerprint density at radius 2 is 2.37 bits per heavy atom. The third-order valence-electron chi connectivity index (χ3n) is 3.55. The molecule has 1 amide bonds. The Morgan fingerprint density at radius 3 is 3.05 bits per heavy atom. The Hall–Kier alpha value is -1.36. The van der Waals surface area contributed by atoms with Gasteiger partial charge in [-0.15, -0.1) is 0 Å². The minimum atomic E-state index is 0.247. The molecule has 1 aliphatic rings. The second kappa shape index (κ2) is 6.19. The van der Waals surface area contributed by atoms with Crippen molar-refractivity contribution in [2.24, 2.45) is 0 Å². The van der Waals surface area contributed by atoms with Crippen LogP contribution >= 0.6 is 0 Å². The lowest BCUT2D eigenvalue weighted by atomic mass is 10.2. The molecular formula is C14H24N4O. The van der Waals surface area contributed by atoms with Crippen LogP contribution < -0.4 is 5.32 Å². The molecule has 0 radical (unpaired) electrons. The predicted molar refractivity (Wildman–Crippen MR) is 75.0 cm³/mol. The number of amides is 1. The van der Waals surface area contributed by atoms with Gasteiger partial charge in [-0.25, -0.2) is 4.98 Å². The van der Waals surface area contributed by atoms with Crippen LogP contribution in [0.3, 0.4) is 0 Å². The number of piperazine rings is 1. The molecule has 2 rings (SSSR count). The van der Waals surface area contributed by atoms with E-state index >= 15 is 0 Å². The number of hydrogen-bond donors (Lipinski definition) is 1. The van der Waals surface area contributed by atoms with Gasteiger partial charge in [0.15, 0.2) is 0 Å². The Balaban J connectivity index is 1.87. The summed E-state index contributed by atoms with van der Waals surface area (Å²) in [6.45, 7) is 9.63. The molecule has 1 aliphatic heterocycles. The molecule has 1 atom stereocenters. The van der Waals surface area contributed by atoms with Gasteiger partial charge in [-0.3, -0.25) is 4.79 Å². The number of rotatable bonds is 4. The number of carbonyl (C=O) groups excluding carboxylic acids is 1. The zero-order valence-electron chi connectivity index (χ0n) is 12.1. The number of aromatic nitrogens is 2. The SMILES string of the molecule is CC(C)c1nccn1CCC(=O)N1CCN[C@@H](C)C1. The lowest BCUT2D eigenvalue weighted by molar-refractivity contribution is -0.132. The van der Waals surface area contributed by atoms with E-state index in [0.717, 1.165) is 32.0 Å². The lowest BCUT2D eigenvalue weighted by Gasteiger charge is -2.32. The van der Waals surface area contributed by atoms with Crippen LogP contribution in [-0.4, -0.2) is 46.0 Å². The van der Waals surface area contributed by atoms with Crippen LogP contribution in [0.5, 0.6) is 0 Å². The van der Waals surface area contributed by atoms with E-state index in [-0.39, 0.29) is 5.91 Å². The van der Waals surface area contributed by atoms with Gasteiger partial charge in [-0.05, 0) is 6.92 Å². The van der Waals surface area contributed by atoms with E-state index in [1.807, 2.05) is 17.3 Å². The van der Waals surface area contributed by atoms with Crippen LogP contribution in [0, 0.1) is 0 Å². The lowest BCUT2D eigenvalue weighted by Crippen LogP contribution is -2.51. The molecule has 1 aromatic rings. The molecular weight excluding hydrogens is 240 g/mol. The summed E-state index contributed by atoms with van der Waals surface area (Å²) in [4.78, 5) is 18.5. The number of imidazole rings is 1. The summed E-state index contributed by atoms with van der Waals surface area (Å²) in [6, 6.07) is 0.400. The highest BCUT2D eigenvalue weighted by molar-refractivity contribution is 5.76. The van der Waals surface area contributed by atoms with Crippen molar-refractivity contribution in [3.63, 3.8) is 0 Å². The fourth-order valence-electron chi connectivity index (χ4n) is 2.54. The summed E-state index contributed by atoms with van der Waals surface area (Å²) < 4.78 is 2.09. The molecule has 2 heterocycles. The third-order valence-corrected chi connectivity index (χ3v) is 3.55. The van der Waals surface area contributed by atoms with Gasteiger partial charge in [0.1, 0.15) is 5.82 Å². The zero-order valence-corrected chi connectivity index (χ0v) is 12.1. The Morgan fingerprint density at radius 1 is 1.58 bits per heavy atom. The third kappa shape index (κ3) is 3.56. The zero-order chi connectivity index (χ0) is 13.8. The van der Waals surface area contributed by atoms with Gasteiger partial charge in [-0.2, -0.15) is 0 Å². The van der Waals surface area contributed by atoms with Crippen molar-refractivity contribution in [2.75, 3.05) is 19.6 Å². The minimum absolute atomic E-state index is 0.247. The summed E-state index contributed by atoms with van der Waals surface area (Å²) >= 11 is 0. The summed E-state index contributed by atoms with van der Waals surface area (Å²) in [5.74, 6) is 1.70. The molecule has 5 heteroatoms. The first kappa shape index (κ1) is 14.1. The predicted octanol–water partition coefficient (Wildman–Crippen LogP) is 1.22. The van der Waals surface area contributed by atoms with E-state index < -0.39 is 0 Å². The van der Waals surface area contributed by atoms with Crippen molar-refractivity contribution < 1.29 is 4.79 Å². The van der Waals surface area contributed by atoms with E-state index in [1.54, 1.807) is 0 Å². The molecule has 0 aliphatic carbocycles.